The molecule has 4 unspecified atom stereocenters. The standard InChI is InChI=1S/C18H18N2O4/c1-23-13-6-5-12(14(8-13)24-2)9-19-20-17(21)15-10-3-4-11(7-10)16(15)18(20)22/h3-6,8-11,15-16H,7H2,1-2H3. The minimum atomic E-state index is -0.234. The normalized spacial score (nSPS) is 30.5. The summed E-state index contributed by atoms with van der Waals surface area (Å²) in [5, 5.41) is 5.19. The number of hydrogen-bond acceptors (Lipinski definition) is 5. The number of rotatable bonds is 4. The van der Waals surface area contributed by atoms with Crippen LogP contribution in [-0.2, 0) is 9.59 Å². The molecule has 124 valence electrons. The molecule has 24 heavy (non-hydrogen) atoms. The number of carbonyl (C=O) groups is 2. The average molecular weight is 326 g/mol. The van der Waals surface area contributed by atoms with Gasteiger partial charge in [0, 0.05) is 11.6 Å². The Morgan fingerprint density at radius 3 is 2.33 bits per heavy atom. The Kier molecular flexibility index (Phi) is 3.40. The number of carbonyl (C=O) groups excluding carboxylic acids is 2. The van der Waals surface area contributed by atoms with Crippen LogP contribution in [0.2, 0.25) is 0 Å². The van der Waals surface area contributed by atoms with E-state index in [0.29, 0.717) is 17.1 Å². The Hall–Kier alpha value is -2.63. The molecule has 2 fully saturated rings. The van der Waals surface area contributed by atoms with Crippen LogP contribution in [0.25, 0.3) is 0 Å². The molecule has 3 aliphatic rings. The van der Waals surface area contributed by atoms with Gasteiger partial charge in [0.1, 0.15) is 11.5 Å². The number of imide groups is 1. The number of methoxy groups -OCH3 is 2. The highest BCUT2D eigenvalue weighted by Gasteiger charge is 2.59. The fourth-order valence-corrected chi connectivity index (χ4v) is 4.05. The van der Waals surface area contributed by atoms with Crippen LogP contribution in [0.3, 0.4) is 0 Å². The van der Waals surface area contributed by atoms with Crippen LogP contribution in [0.15, 0.2) is 35.5 Å². The van der Waals surface area contributed by atoms with E-state index < -0.39 is 0 Å². The first-order valence-corrected chi connectivity index (χ1v) is 7.96. The van der Waals surface area contributed by atoms with Crippen molar-refractivity contribution in [3.63, 3.8) is 0 Å². The van der Waals surface area contributed by atoms with Gasteiger partial charge in [-0.3, -0.25) is 9.59 Å². The average Bonchev–Trinajstić information content (AvgIpc) is 3.28. The van der Waals surface area contributed by atoms with Gasteiger partial charge in [0.15, 0.2) is 0 Å². The van der Waals surface area contributed by atoms with E-state index in [9.17, 15) is 9.59 Å². The summed E-state index contributed by atoms with van der Waals surface area (Å²) in [7, 11) is 3.12. The number of benzene rings is 1. The maximum atomic E-state index is 12.6. The van der Waals surface area contributed by atoms with Crippen molar-refractivity contribution in [3.05, 3.63) is 35.9 Å². The van der Waals surface area contributed by atoms with E-state index in [0.717, 1.165) is 11.4 Å². The van der Waals surface area contributed by atoms with E-state index in [1.54, 1.807) is 32.4 Å². The first-order valence-electron chi connectivity index (χ1n) is 7.96. The number of ether oxygens (including phenoxy) is 2. The number of hydrogen-bond donors (Lipinski definition) is 0. The second kappa shape index (κ2) is 5.47. The molecule has 1 aliphatic heterocycles. The monoisotopic (exact) mass is 326 g/mol. The minimum absolute atomic E-state index is 0.187. The summed E-state index contributed by atoms with van der Waals surface area (Å²) < 4.78 is 10.5. The maximum Gasteiger partial charge on any atom is 0.254 e. The van der Waals surface area contributed by atoms with Crippen molar-refractivity contribution in [1.82, 2.24) is 5.01 Å². The van der Waals surface area contributed by atoms with E-state index in [-0.39, 0.29) is 35.5 Å². The lowest BCUT2D eigenvalue weighted by molar-refractivity contribution is -0.140. The highest BCUT2D eigenvalue weighted by Crippen LogP contribution is 2.52. The first kappa shape index (κ1) is 14.9. The largest absolute Gasteiger partial charge is 0.497 e. The topological polar surface area (TPSA) is 68.2 Å². The molecular weight excluding hydrogens is 308 g/mol. The van der Waals surface area contributed by atoms with Crippen molar-refractivity contribution < 1.29 is 19.1 Å². The Balaban J connectivity index is 1.59. The summed E-state index contributed by atoms with van der Waals surface area (Å²) in [4.78, 5) is 25.1. The predicted octanol–water partition coefficient (Wildman–Crippen LogP) is 1.84. The molecule has 2 amide bonds. The molecule has 4 rings (SSSR count). The number of fused-ring (bicyclic) bond motifs is 5. The molecule has 2 bridgehead atoms. The lowest BCUT2D eigenvalue weighted by Gasteiger charge is -2.13. The van der Waals surface area contributed by atoms with Crippen LogP contribution in [0.1, 0.15) is 12.0 Å². The molecule has 1 heterocycles. The molecule has 2 aliphatic carbocycles. The van der Waals surface area contributed by atoms with Crippen molar-refractivity contribution in [1.29, 1.82) is 0 Å². The summed E-state index contributed by atoms with van der Waals surface area (Å²) in [5.74, 6) is 0.758. The van der Waals surface area contributed by atoms with Crippen molar-refractivity contribution >= 4 is 18.0 Å². The van der Waals surface area contributed by atoms with Gasteiger partial charge in [-0.25, -0.2) is 0 Å². The summed E-state index contributed by atoms with van der Waals surface area (Å²) in [6.45, 7) is 0. The molecular formula is C18H18N2O4. The highest BCUT2D eigenvalue weighted by molar-refractivity contribution is 6.06. The number of hydrazone groups is 1. The summed E-state index contributed by atoms with van der Waals surface area (Å²) in [6.07, 6.45) is 6.54. The van der Waals surface area contributed by atoms with Crippen LogP contribution < -0.4 is 9.47 Å². The maximum absolute atomic E-state index is 12.6. The van der Waals surface area contributed by atoms with Gasteiger partial charge in [-0.1, -0.05) is 12.2 Å². The lowest BCUT2D eigenvalue weighted by Crippen LogP contribution is -2.28. The van der Waals surface area contributed by atoms with Gasteiger partial charge in [-0.05, 0) is 30.4 Å². The van der Waals surface area contributed by atoms with Gasteiger partial charge < -0.3 is 9.47 Å². The molecule has 1 saturated heterocycles. The zero-order valence-electron chi connectivity index (χ0n) is 13.5. The zero-order chi connectivity index (χ0) is 16.8. The Bertz CT molecular complexity index is 740. The van der Waals surface area contributed by atoms with Gasteiger partial charge in [0.05, 0.1) is 32.3 Å². The third kappa shape index (κ3) is 2.06. The van der Waals surface area contributed by atoms with Crippen molar-refractivity contribution in [2.45, 2.75) is 6.42 Å². The Labute approximate surface area is 139 Å². The highest BCUT2D eigenvalue weighted by atomic mass is 16.5. The van der Waals surface area contributed by atoms with Crippen LogP contribution in [0, 0.1) is 23.7 Å². The summed E-state index contributed by atoms with van der Waals surface area (Å²) in [5.41, 5.74) is 0.678. The Morgan fingerprint density at radius 2 is 1.75 bits per heavy atom. The van der Waals surface area contributed by atoms with Gasteiger partial charge >= 0.3 is 0 Å². The van der Waals surface area contributed by atoms with E-state index in [1.807, 2.05) is 0 Å². The summed E-state index contributed by atoms with van der Waals surface area (Å²) >= 11 is 0. The first-order chi connectivity index (χ1) is 11.6. The minimum Gasteiger partial charge on any atom is -0.497 e. The second-order valence-electron chi connectivity index (χ2n) is 6.34. The van der Waals surface area contributed by atoms with Crippen molar-refractivity contribution in [3.8, 4) is 11.5 Å². The number of allylic oxidation sites excluding steroid dienone is 2. The van der Waals surface area contributed by atoms with Crippen LogP contribution in [0.5, 0.6) is 11.5 Å². The molecule has 1 saturated carbocycles. The van der Waals surface area contributed by atoms with E-state index in [4.69, 9.17) is 9.47 Å². The van der Waals surface area contributed by atoms with Crippen LogP contribution in [0.4, 0.5) is 0 Å². The molecule has 0 N–H and O–H groups in total. The molecule has 1 aromatic carbocycles. The fourth-order valence-electron chi connectivity index (χ4n) is 4.05. The second-order valence-corrected chi connectivity index (χ2v) is 6.34. The molecule has 6 heteroatoms. The number of nitrogens with zero attached hydrogens (tertiary/aromatic N) is 2. The molecule has 4 atom stereocenters. The lowest BCUT2D eigenvalue weighted by atomic mass is 9.85. The van der Waals surface area contributed by atoms with Crippen molar-refractivity contribution in [2.75, 3.05) is 14.2 Å². The van der Waals surface area contributed by atoms with Crippen LogP contribution >= 0.6 is 0 Å². The summed E-state index contributed by atoms with van der Waals surface area (Å²) in [6, 6.07) is 5.28. The van der Waals surface area contributed by atoms with Gasteiger partial charge in [0.25, 0.3) is 11.8 Å². The fraction of sp³-hybridized carbons (Fsp3) is 0.389. The SMILES string of the molecule is COc1ccc(C=NN2C(=O)C3C4C=CC(C4)C3C2=O)c(OC)c1. The third-order valence-electron chi connectivity index (χ3n) is 5.20. The van der Waals surface area contributed by atoms with E-state index in [1.165, 1.54) is 6.21 Å². The van der Waals surface area contributed by atoms with Crippen LogP contribution in [-0.4, -0.2) is 37.3 Å². The predicted molar refractivity (Wildman–Crippen MR) is 86.7 cm³/mol. The van der Waals surface area contributed by atoms with E-state index >= 15 is 0 Å². The quantitative estimate of drug-likeness (QED) is 0.481. The smallest absolute Gasteiger partial charge is 0.254 e. The van der Waals surface area contributed by atoms with Gasteiger partial charge in [-0.2, -0.15) is 10.1 Å². The zero-order valence-corrected chi connectivity index (χ0v) is 13.5. The Morgan fingerprint density at radius 1 is 1.08 bits per heavy atom. The third-order valence-corrected chi connectivity index (χ3v) is 5.20. The molecule has 0 radical (unpaired) electrons. The molecule has 1 aromatic rings. The van der Waals surface area contributed by atoms with Gasteiger partial charge in [-0.15, -0.1) is 0 Å². The number of amides is 2. The molecule has 6 nitrogen and oxygen atoms in total. The van der Waals surface area contributed by atoms with E-state index in [2.05, 4.69) is 17.3 Å². The van der Waals surface area contributed by atoms with Gasteiger partial charge in [0.2, 0.25) is 0 Å². The van der Waals surface area contributed by atoms with Crippen molar-refractivity contribution in [2.24, 2.45) is 28.8 Å². The molecule has 0 aromatic heterocycles. The molecule has 0 spiro atoms.